The average Bonchev–Trinajstić information content (AvgIpc) is 1.79. The van der Waals surface area contributed by atoms with Crippen LogP contribution in [0.25, 0.3) is 0 Å². The van der Waals surface area contributed by atoms with E-state index in [4.69, 9.17) is 19.6 Å². The monoisotopic (exact) mass is 232 g/mol. The fourth-order valence-corrected chi connectivity index (χ4v) is 3.20. The molecule has 0 aromatic carbocycles. The molecule has 1 heterocycles. The highest BCUT2D eigenvalue weighted by atomic mass is 31.2. The number of nitrogens with zero attached hydrogens (tertiary/aromatic N) is 1. The molecule has 0 radical (unpaired) electrons. The molecule has 0 bridgehead atoms. The van der Waals surface area contributed by atoms with E-state index in [1.54, 1.807) is 0 Å². The minimum Gasteiger partial charge on any atom is -0.324 e. The Hall–Kier alpha value is 0.420. The Labute approximate surface area is 75.7 Å². The second-order valence-corrected chi connectivity index (χ2v) is 6.32. The third-order valence-corrected chi connectivity index (χ3v) is 3.61. The van der Waals surface area contributed by atoms with Gasteiger partial charge in [-0.2, -0.15) is 14.3 Å². The van der Waals surface area contributed by atoms with E-state index in [0.29, 0.717) is 6.54 Å². The Morgan fingerprint density at radius 2 is 2.08 bits per heavy atom. The molecular weight excluding hydrogens is 220 g/mol. The maximum absolute atomic E-state index is 10.6. The Balaban J connectivity index is 2.48. The number of hydrogen-bond acceptors (Lipinski definition) is 5. The molecule has 0 spiro atoms. The van der Waals surface area contributed by atoms with E-state index in [1.165, 1.54) is 4.90 Å². The average molecular weight is 232 g/mol. The Morgan fingerprint density at radius 3 is 2.54 bits per heavy atom. The van der Waals surface area contributed by atoms with Gasteiger partial charge in [0.15, 0.2) is 6.29 Å². The van der Waals surface area contributed by atoms with Crippen molar-refractivity contribution in [2.24, 2.45) is 0 Å². The lowest BCUT2D eigenvalue weighted by atomic mass is 10.6. The zero-order valence-corrected chi connectivity index (χ0v) is 8.56. The van der Waals surface area contributed by atoms with Gasteiger partial charge in [0.2, 0.25) is 0 Å². The Morgan fingerprint density at radius 1 is 1.46 bits per heavy atom. The second kappa shape index (κ2) is 3.88. The molecule has 4 N–H and O–H groups in total. The van der Waals surface area contributed by atoms with Crippen LogP contribution in [0.2, 0.25) is 0 Å². The van der Waals surface area contributed by atoms with E-state index in [9.17, 15) is 4.57 Å². The van der Waals surface area contributed by atoms with Crippen molar-refractivity contribution in [3.63, 3.8) is 0 Å². The van der Waals surface area contributed by atoms with Gasteiger partial charge in [0.05, 0.1) is 0 Å². The lowest BCUT2D eigenvalue weighted by molar-refractivity contribution is 0.143. The molecular formula is C4H12NO6P2+. The molecule has 0 aromatic rings. The quantitative estimate of drug-likeness (QED) is 0.459. The topological polar surface area (TPSA) is 110 Å². The van der Waals surface area contributed by atoms with Crippen LogP contribution >= 0.6 is 15.5 Å². The van der Waals surface area contributed by atoms with E-state index >= 15 is 0 Å². The first-order chi connectivity index (χ1) is 5.79. The maximum Gasteiger partial charge on any atom is 0.421 e. The number of rotatable bonds is 2. The lowest BCUT2D eigenvalue weighted by Crippen LogP contribution is -2.35. The van der Waals surface area contributed by atoms with Crippen LogP contribution in [-0.4, -0.2) is 50.2 Å². The Bertz CT molecular complexity index is 227. The van der Waals surface area contributed by atoms with E-state index < -0.39 is 21.8 Å². The first kappa shape index (κ1) is 11.5. The van der Waals surface area contributed by atoms with Crippen LogP contribution in [0.5, 0.6) is 0 Å². The fourth-order valence-electron chi connectivity index (χ4n) is 1.06. The molecule has 1 fully saturated rings. The van der Waals surface area contributed by atoms with Gasteiger partial charge in [-0.1, -0.05) is 0 Å². The van der Waals surface area contributed by atoms with Crippen LogP contribution in [-0.2, 0) is 9.09 Å². The molecule has 0 aliphatic carbocycles. The van der Waals surface area contributed by atoms with Gasteiger partial charge >= 0.3 is 15.5 Å². The van der Waals surface area contributed by atoms with Crippen LogP contribution in [0.4, 0.5) is 0 Å². The van der Waals surface area contributed by atoms with E-state index in [-0.39, 0.29) is 12.9 Å². The molecule has 1 aliphatic heterocycles. The lowest BCUT2D eigenvalue weighted by Gasteiger charge is -2.27. The molecule has 0 amide bonds. The van der Waals surface area contributed by atoms with Crippen molar-refractivity contribution < 1.29 is 28.7 Å². The normalized spacial score (nSPS) is 24.6. The van der Waals surface area contributed by atoms with Gasteiger partial charge in [-0.3, -0.25) is 9.46 Å². The molecule has 0 atom stereocenters. The van der Waals surface area contributed by atoms with Crippen molar-refractivity contribution in [3.05, 3.63) is 0 Å². The summed E-state index contributed by atoms with van der Waals surface area (Å²) in [6.45, 7) is 0.384. The molecule has 78 valence electrons. The number of hydrogen-bond donors (Lipinski definition) is 4. The summed E-state index contributed by atoms with van der Waals surface area (Å²) < 4.78 is 15.2. The van der Waals surface area contributed by atoms with Crippen molar-refractivity contribution in [1.29, 1.82) is 0 Å². The molecule has 0 unspecified atom stereocenters. The fraction of sp³-hybridized carbons (Fsp3) is 1.00. The first-order valence-corrected chi connectivity index (χ1v) is 7.13. The molecule has 7 nitrogen and oxygen atoms in total. The first-order valence-electron chi connectivity index (χ1n) is 3.53. The predicted octanol–water partition coefficient (Wildman–Crippen LogP) is -0.842. The third kappa shape index (κ3) is 4.44. The second-order valence-electron chi connectivity index (χ2n) is 2.84. The standard InChI is InChI=1S/C4H11NO6P2/c6-12(7,8)3-5-1-2-11-13(9,10)4-5/h9-10H,1-4H2,(H-,6,7,8)/p+1. The van der Waals surface area contributed by atoms with Crippen molar-refractivity contribution in [2.45, 2.75) is 0 Å². The van der Waals surface area contributed by atoms with Gasteiger partial charge in [0.25, 0.3) is 0 Å². The van der Waals surface area contributed by atoms with E-state index in [2.05, 4.69) is 4.52 Å². The van der Waals surface area contributed by atoms with Gasteiger partial charge in [0, 0.05) is 6.54 Å². The van der Waals surface area contributed by atoms with Gasteiger partial charge in [0.1, 0.15) is 12.9 Å². The highest BCUT2D eigenvalue weighted by Crippen LogP contribution is 2.54. The van der Waals surface area contributed by atoms with Crippen molar-refractivity contribution in [2.75, 3.05) is 25.7 Å². The van der Waals surface area contributed by atoms with Gasteiger partial charge < -0.3 is 9.79 Å². The summed E-state index contributed by atoms with van der Waals surface area (Å²) in [4.78, 5) is 36.7. The summed E-state index contributed by atoms with van der Waals surface area (Å²) in [5.74, 6) is 0. The maximum atomic E-state index is 10.6. The highest BCUT2D eigenvalue weighted by Gasteiger charge is 2.43. The molecule has 1 saturated heterocycles. The zero-order chi connectivity index (χ0) is 10.1. The van der Waals surface area contributed by atoms with Crippen molar-refractivity contribution in [1.82, 2.24) is 4.90 Å². The largest absolute Gasteiger partial charge is 0.421 e. The summed E-state index contributed by atoms with van der Waals surface area (Å²) in [7, 11) is -7.52. The summed E-state index contributed by atoms with van der Waals surface area (Å²) in [5.41, 5.74) is 0. The van der Waals surface area contributed by atoms with E-state index in [0.717, 1.165) is 0 Å². The van der Waals surface area contributed by atoms with Crippen LogP contribution in [0.3, 0.4) is 0 Å². The van der Waals surface area contributed by atoms with Crippen LogP contribution < -0.4 is 0 Å². The minimum atomic E-state index is -4.12. The van der Waals surface area contributed by atoms with Gasteiger partial charge in [-0.25, -0.2) is 0 Å². The van der Waals surface area contributed by atoms with Crippen molar-refractivity contribution >= 4 is 15.5 Å². The van der Waals surface area contributed by atoms with E-state index in [1.807, 2.05) is 0 Å². The highest BCUT2D eigenvalue weighted by molar-refractivity contribution is 7.59. The van der Waals surface area contributed by atoms with Crippen LogP contribution in [0, 0.1) is 0 Å². The zero-order valence-electron chi connectivity index (χ0n) is 6.78. The smallest absolute Gasteiger partial charge is 0.324 e. The molecule has 1 aliphatic rings. The van der Waals surface area contributed by atoms with Crippen LogP contribution in [0.15, 0.2) is 0 Å². The third-order valence-electron chi connectivity index (χ3n) is 1.47. The molecule has 9 heteroatoms. The SMILES string of the molecule is O=P(O)(O)CN1CCO[P+](O)(O)C1. The molecule has 0 aromatic heterocycles. The van der Waals surface area contributed by atoms with Crippen LogP contribution in [0.1, 0.15) is 0 Å². The molecule has 1 rings (SSSR count). The Kier molecular flexibility index (Phi) is 3.43. The minimum absolute atomic E-state index is 0.0841. The molecule has 0 saturated carbocycles. The summed E-state index contributed by atoms with van der Waals surface area (Å²) in [6.07, 6.45) is -0.669. The molecule has 13 heavy (non-hydrogen) atoms. The predicted molar refractivity (Wildman–Crippen MR) is 45.8 cm³/mol. The van der Waals surface area contributed by atoms with Gasteiger partial charge in [-0.05, 0) is 0 Å². The summed E-state index contributed by atoms with van der Waals surface area (Å²) in [5, 5.41) is 0. The van der Waals surface area contributed by atoms with Crippen molar-refractivity contribution in [3.8, 4) is 0 Å². The van der Waals surface area contributed by atoms with Gasteiger partial charge in [-0.15, -0.1) is 0 Å². The summed E-state index contributed by atoms with van der Waals surface area (Å²) in [6, 6.07) is 0. The summed E-state index contributed by atoms with van der Waals surface area (Å²) >= 11 is 0.